The number of rotatable bonds is 2. The Balaban J connectivity index is 1.55. The van der Waals surface area contributed by atoms with Crippen LogP contribution in [-0.4, -0.2) is 9.55 Å². The zero-order valence-corrected chi connectivity index (χ0v) is 20.2. The van der Waals surface area contributed by atoms with Crippen LogP contribution in [0.3, 0.4) is 0 Å². The van der Waals surface area contributed by atoms with Crippen molar-refractivity contribution >= 4 is 21.8 Å². The summed E-state index contributed by atoms with van der Waals surface area (Å²) in [5.41, 5.74) is 12.5. The van der Waals surface area contributed by atoms with E-state index in [4.69, 9.17) is 0 Å². The van der Waals surface area contributed by atoms with E-state index >= 15 is 0 Å². The van der Waals surface area contributed by atoms with Crippen LogP contribution in [0.2, 0.25) is 0 Å². The van der Waals surface area contributed by atoms with E-state index < -0.39 is 0 Å². The standard InChI is InChI=1S/C33H26N2/c1-21-10-9-17-34-32(21)22-11-8-12-23(18-22)35-30-16-7-5-14-25(30)27-19-26-24-13-4-6-15-28(24)33(2,3)29(26)20-31(27)35/h4-20H,1-3H3. The first-order valence-electron chi connectivity index (χ1n) is 12.2. The number of fused-ring (bicyclic) bond motifs is 6. The van der Waals surface area contributed by atoms with E-state index in [1.54, 1.807) is 0 Å². The van der Waals surface area contributed by atoms with E-state index in [1.165, 1.54) is 49.6 Å². The van der Waals surface area contributed by atoms with Gasteiger partial charge in [0.2, 0.25) is 0 Å². The molecule has 7 rings (SSSR count). The van der Waals surface area contributed by atoms with E-state index in [-0.39, 0.29) is 5.41 Å². The number of aryl methyl sites for hydroxylation is 1. The van der Waals surface area contributed by atoms with Crippen LogP contribution in [0, 0.1) is 6.92 Å². The van der Waals surface area contributed by atoms with Crippen molar-refractivity contribution in [2.75, 3.05) is 0 Å². The lowest BCUT2D eigenvalue weighted by Crippen LogP contribution is -2.14. The zero-order valence-electron chi connectivity index (χ0n) is 20.2. The normalized spacial score (nSPS) is 13.8. The van der Waals surface area contributed by atoms with E-state index in [9.17, 15) is 0 Å². The van der Waals surface area contributed by atoms with Crippen LogP contribution in [0.4, 0.5) is 0 Å². The van der Waals surface area contributed by atoms with Crippen molar-refractivity contribution in [1.29, 1.82) is 0 Å². The van der Waals surface area contributed by atoms with E-state index in [1.807, 2.05) is 12.3 Å². The third-order valence-corrected chi connectivity index (χ3v) is 7.76. The molecule has 0 atom stereocenters. The second-order valence-corrected chi connectivity index (χ2v) is 10.2. The second kappa shape index (κ2) is 7.16. The summed E-state index contributed by atoms with van der Waals surface area (Å²) in [6.07, 6.45) is 1.87. The summed E-state index contributed by atoms with van der Waals surface area (Å²) in [5.74, 6) is 0. The molecule has 0 radical (unpaired) electrons. The van der Waals surface area contributed by atoms with Crippen molar-refractivity contribution in [3.8, 4) is 28.1 Å². The van der Waals surface area contributed by atoms with E-state index in [0.29, 0.717) is 0 Å². The summed E-state index contributed by atoms with van der Waals surface area (Å²) < 4.78 is 2.42. The molecule has 6 aromatic rings. The lowest BCUT2D eigenvalue weighted by Gasteiger charge is -2.21. The summed E-state index contributed by atoms with van der Waals surface area (Å²) in [4.78, 5) is 4.68. The molecule has 0 N–H and O–H groups in total. The number of benzene rings is 4. The molecule has 0 amide bonds. The minimum absolute atomic E-state index is 0.0334. The van der Waals surface area contributed by atoms with Crippen molar-refractivity contribution in [2.24, 2.45) is 0 Å². The highest BCUT2D eigenvalue weighted by Crippen LogP contribution is 2.50. The lowest BCUT2D eigenvalue weighted by atomic mass is 9.82. The Bertz CT molecular complexity index is 1780. The number of aromatic nitrogens is 2. The average molecular weight is 451 g/mol. The molecule has 2 heteroatoms. The van der Waals surface area contributed by atoms with Gasteiger partial charge in [0, 0.05) is 33.6 Å². The fourth-order valence-electron chi connectivity index (χ4n) is 6.02. The Morgan fingerprint density at radius 2 is 1.49 bits per heavy atom. The minimum atomic E-state index is -0.0334. The number of nitrogens with zero attached hydrogens (tertiary/aromatic N) is 2. The first-order chi connectivity index (χ1) is 17.0. The molecular weight excluding hydrogens is 424 g/mol. The minimum Gasteiger partial charge on any atom is -0.309 e. The van der Waals surface area contributed by atoms with Crippen molar-refractivity contribution in [3.05, 3.63) is 120 Å². The molecular formula is C33H26N2. The maximum absolute atomic E-state index is 4.68. The van der Waals surface area contributed by atoms with Gasteiger partial charge < -0.3 is 4.57 Å². The van der Waals surface area contributed by atoms with Crippen molar-refractivity contribution in [1.82, 2.24) is 9.55 Å². The van der Waals surface area contributed by atoms with Gasteiger partial charge in [0.15, 0.2) is 0 Å². The molecule has 0 fully saturated rings. The molecule has 0 saturated carbocycles. The summed E-state index contributed by atoms with van der Waals surface area (Å²) in [5, 5.41) is 2.58. The molecule has 0 aliphatic heterocycles. The molecule has 0 bridgehead atoms. The van der Waals surface area contributed by atoms with Crippen molar-refractivity contribution in [3.63, 3.8) is 0 Å². The van der Waals surface area contributed by atoms with Crippen LogP contribution in [0.25, 0.3) is 49.9 Å². The number of hydrogen-bond donors (Lipinski definition) is 0. The van der Waals surface area contributed by atoms with Gasteiger partial charge in [-0.2, -0.15) is 0 Å². The molecule has 2 nitrogen and oxygen atoms in total. The SMILES string of the molecule is Cc1cccnc1-c1cccc(-n2c3ccccc3c3cc4c(cc32)C(C)(C)c2ccccc2-4)c1. The van der Waals surface area contributed by atoms with Crippen molar-refractivity contribution in [2.45, 2.75) is 26.2 Å². The molecule has 2 aromatic heterocycles. The maximum Gasteiger partial charge on any atom is 0.0731 e. The van der Waals surface area contributed by atoms with Crippen molar-refractivity contribution < 1.29 is 0 Å². The first-order valence-corrected chi connectivity index (χ1v) is 12.2. The smallest absolute Gasteiger partial charge is 0.0731 e. The summed E-state index contributed by atoms with van der Waals surface area (Å²) in [7, 11) is 0. The third-order valence-electron chi connectivity index (χ3n) is 7.76. The van der Waals surface area contributed by atoms with Gasteiger partial charge in [-0.15, -0.1) is 0 Å². The fourth-order valence-corrected chi connectivity index (χ4v) is 6.02. The van der Waals surface area contributed by atoms with Gasteiger partial charge in [-0.05, 0) is 71.1 Å². The van der Waals surface area contributed by atoms with Gasteiger partial charge in [-0.25, -0.2) is 0 Å². The molecule has 1 aliphatic carbocycles. The molecule has 0 spiro atoms. The van der Waals surface area contributed by atoms with Crippen LogP contribution in [0.1, 0.15) is 30.5 Å². The lowest BCUT2D eigenvalue weighted by molar-refractivity contribution is 0.661. The van der Waals surface area contributed by atoms with Crippen LogP contribution in [-0.2, 0) is 5.41 Å². The zero-order chi connectivity index (χ0) is 23.7. The molecule has 1 aliphatic rings. The second-order valence-electron chi connectivity index (χ2n) is 10.2. The van der Waals surface area contributed by atoms with Crippen LogP contribution >= 0.6 is 0 Å². The highest BCUT2D eigenvalue weighted by Gasteiger charge is 2.36. The Labute approximate surface area is 205 Å². The van der Waals surface area contributed by atoms with E-state index in [2.05, 4.69) is 121 Å². The Morgan fingerprint density at radius 3 is 2.37 bits per heavy atom. The molecule has 0 unspecified atom stereocenters. The maximum atomic E-state index is 4.68. The van der Waals surface area contributed by atoms with Crippen LogP contribution in [0.5, 0.6) is 0 Å². The average Bonchev–Trinajstić information content (AvgIpc) is 3.32. The molecule has 4 aromatic carbocycles. The van der Waals surface area contributed by atoms with Crippen LogP contribution in [0.15, 0.2) is 103 Å². The summed E-state index contributed by atoms with van der Waals surface area (Å²) >= 11 is 0. The van der Waals surface area contributed by atoms with Gasteiger partial charge in [0.25, 0.3) is 0 Å². The van der Waals surface area contributed by atoms with Gasteiger partial charge >= 0.3 is 0 Å². The van der Waals surface area contributed by atoms with Gasteiger partial charge in [-0.1, -0.05) is 74.5 Å². The number of pyridine rings is 1. The molecule has 0 saturated heterocycles. The predicted molar refractivity (Wildman–Crippen MR) is 146 cm³/mol. The first kappa shape index (κ1) is 20.2. The molecule has 35 heavy (non-hydrogen) atoms. The highest BCUT2D eigenvalue weighted by atomic mass is 15.0. The highest BCUT2D eigenvalue weighted by molar-refractivity contribution is 6.11. The Kier molecular flexibility index (Phi) is 4.14. The summed E-state index contributed by atoms with van der Waals surface area (Å²) in [6, 6.07) is 35.4. The quantitative estimate of drug-likeness (QED) is 0.259. The molecule has 2 heterocycles. The topological polar surface area (TPSA) is 17.8 Å². The third kappa shape index (κ3) is 2.80. The predicted octanol–water partition coefficient (Wildman–Crippen LogP) is 8.46. The van der Waals surface area contributed by atoms with E-state index in [0.717, 1.165) is 16.9 Å². The van der Waals surface area contributed by atoms with Crippen LogP contribution < -0.4 is 0 Å². The van der Waals surface area contributed by atoms with Gasteiger partial charge in [0.1, 0.15) is 0 Å². The number of hydrogen-bond acceptors (Lipinski definition) is 1. The fraction of sp³-hybridized carbons (Fsp3) is 0.121. The monoisotopic (exact) mass is 450 g/mol. The van der Waals surface area contributed by atoms with Gasteiger partial charge in [-0.3, -0.25) is 4.98 Å². The largest absolute Gasteiger partial charge is 0.309 e. The molecule has 168 valence electrons. The summed E-state index contributed by atoms with van der Waals surface area (Å²) in [6.45, 7) is 6.82. The Morgan fingerprint density at radius 1 is 0.657 bits per heavy atom. The Hall–Kier alpha value is -4.17. The van der Waals surface area contributed by atoms with Gasteiger partial charge in [0.05, 0.1) is 16.7 Å². The number of para-hydroxylation sites is 1.